The van der Waals surface area contributed by atoms with Crippen molar-refractivity contribution in [3.63, 3.8) is 0 Å². The van der Waals surface area contributed by atoms with Gasteiger partial charge < -0.3 is 10.8 Å². The fourth-order valence-corrected chi connectivity index (χ4v) is 2.58. The molecule has 0 saturated carbocycles. The third-order valence-corrected chi connectivity index (χ3v) is 5.66. The van der Waals surface area contributed by atoms with Crippen molar-refractivity contribution in [2.45, 2.75) is 57.2 Å². The Balaban J connectivity index is 4.94. The third-order valence-electron chi connectivity index (χ3n) is 3.05. The molecule has 0 spiro atoms. The van der Waals surface area contributed by atoms with Crippen LogP contribution in [0, 0.1) is 0 Å². The number of carboxylic acids is 1. The van der Waals surface area contributed by atoms with Crippen molar-refractivity contribution in [1.82, 2.24) is 0 Å². The van der Waals surface area contributed by atoms with Crippen molar-refractivity contribution in [3.8, 4) is 0 Å². The van der Waals surface area contributed by atoms with E-state index >= 15 is 0 Å². The Morgan fingerprint density at radius 3 is 2.00 bits per heavy atom. The molecule has 0 amide bonds. The molecular weight excluding hydrogens is 270 g/mol. The molecule has 3 N–H and O–H groups in total. The monoisotopic (exact) mass is 293 g/mol. The first-order chi connectivity index (χ1) is 8.38. The second kappa shape index (κ2) is 6.00. The zero-order valence-electron chi connectivity index (χ0n) is 11.9. The number of carbonyl (C=O) groups excluding carboxylic acids is 1. The molecule has 0 aromatic rings. The number of hydrogen-bond acceptors (Lipinski definition) is 5. The van der Waals surface area contributed by atoms with Gasteiger partial charge in [0.25, 0.3) is 0 Å². The number of nitrogens with two attached hydrogens (primary N) is 1. The van der Waals surface area contributed by atoms with Crippen molar-refractivity contribution in [1.29, 1.82) is 0 Å². The predicted octanol–water partition coefficient (Wildman–Crippen LogP) is 0.741. The van der Waals surface area contributed by atoms with Crippen LogP contribution < -0.4 is 5.73 Å². The van der Waals surface area contributed by atoms with E-state index in [4.69, 9.17) is 10.8 Å². The van der Waals surface area contributed by atoms with Gasteiger partial charge in [0.05, 0.1) is 10.5 Å². The van der Waals surface area contributed by atoms with E-state index < -0.39 is 31.9 Å². The molecule has 7 heteroatoms. The average molecular weight is 293 g/mol. The number of carboxylic acid groups (broad SMARTS) is 1. The van der Waals surface area contributed by atoms with Crippen molar-refractivity contribution >= 4 is 21.6 Å². The van der Waals surface area contributed by atoms with Crippen LogP contribution in [0.5, 0.6) is 0 Å². The summed E-state index contributed by atoms with van der Waals surface area (Å²) in [4.78, 5) is 23.0. The first-order valence-electron chi connectivity index (χ1n) is 6.16. The summed E-state index contributed by atoms with van der Waals surface area (Å²) in [6.07, 6.45) is 0.0553. The van der Waals surface area contributed by atoms with E-state index in [2.05, 4.69) is 0 Å². The van der Waals surface area contributed by atoms with Gasteiger partial charge in [-0.15, -0.1) is 0 Å². The molecule has 6 nitrogen and oxygen atoms in total. The van der Waals surface area contributed by atoms with Gasteiger partial charge in [0.15, 0.2) is 21.2 Å². The van der Waals surface area contributed by atoms with E-state index in [1.807, 2.05) is 0 Å². The van der Waals surface area contributed by atoms with Gasteiger partial charge in [-0.05, 0) is 27.2 Å². The van der Waals surface area contributed by atoms with Crippen LogP contribution in [0.15, 0.2) is 0 Å². The van der Waals surface area contributed by atoms with Gasteiger partial charge >= 0.3 is 5.97 Å². The Morgan fingerprint density at radius 1 is 1.21 bits per heavy atom. The van der Waals surface area contributed by atoms with Crippen LogP contribution in [-0.2, 0) is 19.4 Å². The Labute approximate surface area is 114 Å². The predicted molar refractivity (Wildman–Crippen MR) is 72.6 cm³/mol. The van der Waals surface area contributed by atoms with Gasteiger partial charge in [0.1, 0.15) is 0 Å². The first-order valence-corrected chi connectivity index (χ1v) is 7.81. The summed E-state index contributed by atoms with van der Waals surface area (Å²) in [7, 11) is -3.46. The average Bonchev–Trinajstić information content (AvgIpc) is 2.24. The number of aliphatic carboxylic acids is 1. The third kappa shape index (κ3) is 4.28. The fraction of sp³-hybridized carbons (Fsp3) is 0.833. The van der Waals surface area contributed by atoms with Gasteiger partial charge in [-0.3, -0.25) is 4.79 Å². The second-order valence-corrected chi connectivity index (χ2v) is 8.49. The minimum absolute atomic E-state index is 0.00324. The normalized spacial score (nSPS) is 15.8. The van der Waals surface area contributed by atoms with Crippen LogP contribution in [0.25, 0.3) is 0 Å². The maximum Gasteiger partial charge on any atom is 0.331 e. The molecule has 0 rings (SSSR count). The Kier molecular flexibility index (Phi) is 5.70. The van der Waals surface area contributed by atoms with Crippen LogP contribution >= 0.6 is 0 Å². The molecule has 0 aromatic heterocycles. The summed E-state index contributed by atoms with van der Waals surface area (Å²) in [5, 5.41) is 9.03. The van der Waals surface area contributed by atoms with Crippen LogP contribution in [0.4, 0.5) is 0 Å². The molecule has 0 radical (unpaired) electrons. The van der Waals surface area contributed by atoms with Crippen LogP contribution in [-0.4, -0.2) is 41.3 Å². The molecule has 112 valence electrons. The van der Waals surface area contributed by atoms with E-state index in [0.29, 0.717) is 6.42 Å². The largest absolute Gasteiger partial charge is 0.480 e. The molecule has 0 heterocycles. The maximum atomic E-state index is 11.9. The highest BCUT2D eigenvalue weighted by Crippen LogP contribution is 2.19. The second-order valence-electron chi connectivity index (χ2n) is 5.63. The summed E-state index contributed by atoms with van der Waals surface area (Å²) < 4.78 is 22.8. The quantitative estimate of drug-likeness (QED) is 0.669. The lowest BCUT2D eigenvalue weighted by atomic mass is 9.89. The van der Waals surface area contributed by atoms with E-state index in [-0.39, 0.29) is 18.6 Å². The first kappa shape index (κ1) is 18.0. The van der Waals surface area contributed by atoms with Gasteiger partial charge in [-0.2, -0.15) is 0 Å². The van der Waals surface area contributed by atoms with Gasteiger partial charge in [0, 0.05) is 6.42 Å². The summed E-state index contributed by atoms with van der Waals surface area (Å²) in [6, 6.07) is 0. The number of sulfone groups is 1. The smallest absolute Gasteiger partial charge is 0.331 e. The Hall–Kier alpha value is -0.950. The van der Waals surface area contributed by atoms with Crippen molar-refractivity contribution in [3.05, 3.63) is 0 Å². The standard InChI is InChI=1S/C12H23NO5S/c1-5-7-12(13,10(15)16)9(14)6-8-19(17,18)11(2,3)4/h5-8,13H2,1-4H3,(H,15,16). The lowest BCUT2D eigenvalue weighted by molar-refractivity contribution is -0.148. The van der Waals surface area contributed by atoms with Crippen molar-refractivity contribution in [2.75, 3.05) is 5.75 Å². The SMILES string of the molecule is CCCC(N)(C(=O)O)C(=O)CCS(=O)(=O)C(C)(C)C. The lowest BCUT2D eigenvalue weighted by Crippen LogP contribution is -2.55. The highest BCUT2D eigenvalue weighted by atomic mass is 32.2. The molecule has 1 unspecified atom stereocenters. The van der Waals surface area contributed by atoms with Crippen LogP contribution in [0.1, 0.15) is 47.0 Å². The lowest BCUT2D eigenvalue weighted by Gasteiger charge is -2.24. The fourth-order valence-electron chi connectivity index (χ4n) is 1.52. The summed E-state index contributed by atoms with van der Waals surface area (Å²) in [6.45, 7) is 6.31. The van der Waals surface area contributed by atoms with E-state index in [9.17, 15) is 18.0 Å². The molecule has 0 aromatic carbocycles. The van der Waals surface area contributed by atoms with Gasteiger partial charge in [-0.25, -0.2) is 13.2 Å². The molecule has 1 atom stereocenters. The maximum absolute atomic E-state index is 11.9. The van der Waals surface area contributed by atoms with Gasteiger partial charge in [0.2, 0.25) is 0 Å². The Morgan fingerprint density at radius 2 is 1.68 bits per heavy atom. The molecule has 0 bridgehead atoms. The van der Waals surface area contributed by atoms with E-state index in [0.717, 1.165) is 0 Å². The molecule has 19 heavy (non-hydrogen) atoms. The zero-order valence-corrected chi connectivity index (χ0v) is 12.7. The minimum Gasteiger partial charge on any atom is -0.480 e. The topological polar surface area (TPSA) is 115 Å². The number of carbonyl (C=O) groups is 2. The highest BCUT2D eigenvalue weighted by Gasteiger charge is 2.41. The number of rotatable bonds is 7. The summed E-state index contributed by atoms with van der Waals surface area (Å²) in [5.74, 6) is -2.53. The molecular formula is C12H23NO5S. The molecule has 0 saturated heterocycles. The number of hydrogen-bond donors (Lipinski definition) is 2. The van der Waals surface area contributed by atoms with E-state index in [1.165, 1.54) is 20.8 Å². The number of ketones is 1. The molecule has 0 aliphatic rings. The molecule has 0 aliphatic heterocycles. The van der Waals surface area contributed by atoms with Crippen molar-refractivity contribution < 1.29 is 23.1 Å². The Bertz CT molecular complexity index is 449. The summed E-state index contributed by atoms with van der Waals surface area (Å²) in [5.41, 5.74) is 3.61. The molecule has 0 fully saturated rings. The number of Topliss-reactive ketones (excluding diaryl/α,β-unsaturated/α-hetero) is 1. The van der Waals surface area contributed by atoms with Gasteiger partial charge in [-0.1, -0.05) is 13.3 Å². The van der Waals surface area contributed by atoms with E-state index in [1.54, 1.807) is 6.92 Å². The highest BCUT2D eigenvalue weighted by molar-refractivity contribution is 7.92. The summed E-state index contributed by atoms with van der Waals surface area (Å²) >= 11 is 0. The van der Waals surface area contributed by atoms with Crippen LogP contribution in [0.3, 0.4) is 0 Å². The zero-order chi connectivity index (χ0) is 15.5. The molecule has 0 aliphatic carbocycles. The van der Waals surface area contributed by atoms with Crippen LogP contribution in [0.2, 0.25) is 0 Å². The van der Waals surface area contributed by atoms with Crippen molar-refractivity contribution in [2.24, 2.45) is 5.73 Å². The minimum atomic E-state index is -3.46.